The zero-order valence-electron chi connectivity index (χ0n) is 15.8. The molecule has 3 heteroatoms. The first kappa shape index (κ1) is 22.6. The summed E-state index contributed by atoms with van der Waals surface area (Å²) >= 11 is 0. The lowest BCUT2D eigenvalue weighted by molar-refractivity contribution is -1.24. The van der Waals surface area contributed by atoms with Gasteiger partial charge in [-0.25, -0.2) is 0 Å². The van der Waals surface area contributed by atoms with Gasteiger partial charge in [0.2, 0.25) is 0 Å². The Morgan fingerprint density at radius 1 is 0.609 bits per heavy atom. The molecule has 0 saturated heterocycles. The Morgan fingerprint density at radius 3 is 1.52 bits per heavy atom. The lowest BCUT2D eigenvalue weighted by Gasteiger charge is -2.18. The second-order valence-corrected chi connectivity index (χ2v) is 6.86. The highest BCUT2D eigenvalue weighted by Crippen LogP contribution is 2.10. The Labute approximate surface area is 144 Å². The zero-order valence-corrected chi connectivity index (χ0v) is 15.8. The summed E-state index contributed by atoms with van der Waals surface area (Å²) in [6.45, 7) is 4.88. The molecule has 0 saturated carbocycles. The first-order chi connectivity index (χ1) is 11.1. The van der Waals surface area contributed by atoms with E-state index in [9.17, 15) is 10.4 Å². The van der Waals surface area contributed by atoms with E-state index in [0.29, 0.717) is 13.1 Å². The summed E-state index contributed by atoms with van der Waals surface area (Å²) in [6.07, 6.45) is 22.6. The Bertz CT molecular complexity index is 264. The topological polar surface area (TPSA) is 40.5 Å². The number of allylic oxidation sites excluding steroid dienone is 2. The minimum atomic E-state index is -0.816. The van der Waals surface area contributed by atoms with Gasteiger partial charge in [-0.05, 0) is 43.8 Å². The van der Waals surface area contributed by atoms with Gasteiger partial charge in [0.1, 0.15) is 13.1 Å². The van der Waals surface area contributed by atoms with Crippen molar-refractivity contribution < 1.29 is 15.2 Å². The highest BCUT2D eigenvalue weighted by Gasteiger charge is 2.17. The number of hydroxylamine groups is 4. The summed E-state index contributed by atoms with van der Waals surface area (Å²) in [6, 6.07) is 0. The first-order valence-electron chi connectivity index (χ1n) is 10.1. The highest BCUT2D eigenvalue weighted by atomic mass is 16.8. The van der Waals surface area contributed by atoms with Crippen molar-refractivity contribution >= 4 is 0 Å². The molecular weight excluding hydrogens is 286 g/mol. The van der Waals surface area contributed by atoms with E-state index in [0.717, 1.165) is 12.8 Å². The molecule has 0 fully saturated rings. The van der Waals surface area contributed by atoms with Crippen molar-refractivity contribution in [3.63, 3.8) is 0 Å². The van der Waals surface area contributed by atoms with E-state index in [1.165, 1.54) is 77.0 Å². The summed E-state index contributed by atoms with van der Waals surface area (Å²) in [5.41, 5.74) is 0. The average molecular weight is 329 g/mol. The molecule has 0 radical (unpaired) electrons. The SMILES string of the molecule is CCCCCCCC/C=C\CCCCCCCC[N+](O)(O)CC. The molecule has 3 nitrogen and oxygen atoms in total. The lowest BCUT2D eigenvalue weighted by Crippen LogP contribution is -2.41. The van der Waals surface area contributed by atoms with Crippen LogP contribution < -0.4 is 0 Å². The third-order valence-electron chi connectivity index (χ3n) is 4.53. The predicted octanol–water partition coefficient (Wildman–Crippen LogP) is 6.64. The van der Waals surface area contributed by atoms with Crippen molar-refractivity contribution in [3.05, 3.63) is 12.2 Å². The smallest absolute Gasteiger partial charge is 0.142 e. The molecule has 0 amide bonds. The van der Waals surface area contributed by atoms with Crippen LogP contribution in [0.2, 0.25) is 0 Å². The molecule has 0 aromatic carbocycles. The van der Waals surface area contributed by atoms with E-state index in [1.807, 2.05) is 0 Å². The largest absolute Gasteiger partial charge is 0.182 e. The fourth-order valence-corrected chi connectivity index (χ4v) is 2.77. The number of quaternary nitrogens is 1. The molecule has 0 aromatic heterocycles. The van der Waals surface area contributed by atoms with Crippen molar-refractivity contribution in [1.82, 2.24) is 0 Å². The quantitative estimate of drug-likeness (QED) is 0.136. The predicted molar refractivity (Wildman–Crippen MR) is 98.7 cm³/mol. The number of hydrogen-bond donors (Lipinski definition) is 2. The van der Waals surface area contributed by atoms with Gasteiger partial charge >= 0.3 is 0 Å². The normalized spacial score (nSPS) is 12.3. The zero-order chi connectivity index (χ0) is 17.2. The van der Waals surface area contributed by atoms with Crippen LogP contribution in [0.25, 0.3) is 0 Å². The van der Waals surface area contributed by atoms with E-state index in [-0.39, 0.29) is 0 Å². The van der Waals surface area contributed by atoms with E-state index < -0.39 is 4.81 Å². The van der Waals surface area contributed by atoms with Crippen LogP contribution in [0.5, 0.6) is 0 Å². The molecule has 0 aliphatic carbocycles. The van der Waals surface area contributed by atoms with Gasteiger partial charge in [0.15, 0.2) is 0 Å². The van der Waals surface area contributed by atoms with Crippen molar-refractivity contribution in [2.45, 2.75) is 104 Å². The number of hydrogen-bond acceptors (Lipinski definition) is 2. The number of unbranched alkanes of at least 4 members (excludes halogenated alkanes) is 12. The van der Waals surface area contributed by atoms with Gasteiger partial charge in [-0.3, -0.25) is 0 Å². The van der Waals surface area contributed by atoms with Gasteiger partial charge in [0.25, 0.3) is 0 Å². The molecular formula is C20H42NO2+. The molecule has 0 aromatic rings. The summed E-state index contributed by atoms with van der Waals surface area (Å²) in [7, 11) is 0. The van der Waals surface area contributed by atoms with Gasteiger partial charge in [-0.15, -0.1) is 0 Å². The van der Waals surface area contributed by atoms with Gasteiger partial charge in [-0.1, -0.05) is 70.4 Å². The van der Waals surface area contributed by atoms with Crippen molar-refractivity contribution in [1.29, 1.82) is 0 Å². The molecule has 0 aliphatic rings. The molecule has 0 aliphatic heterocycles. The second-order valence-electron chi connectivity index (χ2n) is 6.86. The highest BCUT2D eigenvalue weighted by molar-refractivity contribution is 4.81. The maximum Gasteiger partial charge on any atom is 0.142 e. The lowest BCUT2D eigenvalue weighted by atomic mass is 10.1. The van der Waals surface area contributed by atoms with Crippen LogP contribution in [0.15, 0.2) is 12.2 Å². The summed E-state index contributed by atoms with van der Waals surface area (Å²) < 4.78 is 0. The molecule has 0 heterocycles. The number of rotatable bonds is 17. The Kier molecular flexibility index (Phi) is 16.2. The van der Waals surface area contributed by atoms with Crippen LogP contribution in [0.1, 0.15) is 104 Å². The molecule has 2 N–H and O–H groups in total. The van der Waals surface area contributed by atoms with Crippen LogP contribution >= 0.6 is 0 Å². The monoisotopic (exact) mass is 328 g/mol. The first-order valence-corrected chi connectivity index (χ1v) is 10.1. The summed E-state index contributed by atoms with van der Waals surface area (Å²) in [5, 5.41) is 18.8. The van der Waals surface area contributed by atoms with E-state index in [1.54, 1.807) is 6.92 Å². The van der Waals surface area contributed by atoms with Crippen LogP contribution in [-0.4, -0.2) is 28.3 Å². The fourth-order valence-electron chi connectivity index (χ4n) is 2.77. The van der Waals surface area contributed by atoms with E-state index in [4.69, 9.17) is 0 Å². The van der Waals surface area contributed by atoms with Crippen molar-refractivity contribution in [2.24, 2.45) is 0 Å². The number of nitrogens with zero attached hydrogens (tertiary/aromatic N) is 1. The molecule has 138 valence electrons. The van der Waals surface area contributed by atoms with Crippen molar-refractivity contribution in [2.75, 3.05) is 13.1 Å². The van der Waals surface area contributed by atoms with Crippen LogP contribution in [0.3, 0.4) is 0 Å². The van der Waals surface area contributed by atoms with Gasteiger partial charge < -0.3 is 0 Å². The third-order valence-corrected chi connectivity index (χ3v) is 4.53. The van der Waals surface area contributed by atoms with Crippen LogP contribution in [0, 0.1) is 0 Å². The van der Waals surface area contributed by atoms with Gasteiger partial charge in [0, 0.05) is 6.42 Å². The summed E-state index contributed by atoms with van der Waals surface area (Å²) in [5.74, 6) is 0. The van der Waals surface area contributed by atoms with Crippen LogP contribution in [0.4, 0.5) is 0 Å². The van der Waals surface area contributed by atoms with E-state index in [2.05, 4.69) is 19.1 Å². The van der Waals surface area contributed by atoms with Gasteiger partial charge in [-0.2, -0.15) is 10.4 Å². The molecule has 0 spiro atoms. The minimum absolute atomic E-state index is 0.366. The molecule has 23 heavy (non-hydrogen) atoms. The average Bonchev–Trinajstić information content (AvgIpc) is 2.54. The molecule has 0 bridgehead atoms. The maximum atomic E-state index is 9.42. The Morgan fingerprint density at radius 2 is 1.04 bits per heavy atom. The standard InChI is InChI=1S/C20H42NO2/c1-3-5-6-7-8-9-10-11-12-13-14-15-16-17-18-19-20-21(22,23)4-2/h11-12,22-23H,3-10,13-20H2,1-2H3/q+1/b12-11-. The maximum absolute atomic E-state index is 9.42. The Balaban J connectivity index is 3.16. The van der Waals surface area contributed by atoms with Crippen molar-refractivity contribution in [3.8, 4) is 0 Å². The second kappa shape index (κ2) is 16.5. The van der Waals surface area contributed by atoms with E-state index >= 15 is 0 Å². The van der Waals surface area contributed by atoms with Gasteiger partial charge in [0.05, 0.1) is 0 Å². The fraction of sp³-hybridized carbons (Fsp3) is 0.900. The Hall–Kier alpha value is -0.380. The molecule has 0 atom stereocenters. The summed E-state index contributed by atoms with van der Waals surface area (Å²) in [4.78, 5) is -0.816. The molecule has 0 rings (SSSR count). The van der Waals surface area contributed by atoms with Crippen LogP contribution in [-0.2, 0) is 0 Å². The third kappa shape index (κ3) is 17.8. The molecule has 0 unspecified atom stereocenters. The minimum Gasteiger partial charge on any atom is -0.182 e.